The van der Waals surface area contributed by atoms with Gasteiger partial charge < -0.3 is 10.6 Å². The molecule has 4 rings (SSSR count). The second-order valence-electron chi connectivity index (χ2n) is 8.70. The summed E-state index contributed by atoms with van der Waals surface area (Å²) < 4.78 is 0. The topological polar surface area (TPSA) is 46.3 Å². The lowest BCUT2D eigenvalue weighted by Gasteiger charge is -2.65. The highest BCUT2D eigenvalue weighted by Gasteiger charge is 2.63. The van der Waals surface area contributed by atoms with Gasteiger partial charge in [-0.05, 0) is 62.2 Å². The average Bonchev–Trinajstić information content (AvgIpc) is 2.30. The monoisotopic (exact) mass is 308 g/mol. The third-order valence-corrected chi connectivity index (χ3v) is 6.22. The standard InChI is InChI=1S/C17H28N2OS/c1-4-19(8-13(18)21)14(20)17-7-12-5-15(2,10-17)9-16(3,6-12)11-17/h12H,4-11H2,1-3H3,(H2,18,21). The first kappa shape index (κ1) is 15.3. The first-order valence-electron chi connectivity index (χ1n) is 8.27. The molecule has 0 aromatic heterocycles. The van der Waals surface area contributed by atoms with Gasteiger partial charge >= 0.3 is 0 Å². The minimum Gasteiger partial charge on any atom is -0.392 e. The van der Waals surface area contributed by atoms with Crippen LogP contribution in [0.4, 0.5) is 0 Å². The van der Waals surface area contributed by atoms with Crippen molar-refractivity contribution in [1.29, 1.82) is 0 Å². The lowest BCUT2D eigenvalue weighted by atomic mass is 9.40. The first-order valence-corrected chi connectivity index (χ1v) is 8.68. The predicted octanol–water partition coefficient (Wildman–Crippen LogP) is 3.12. The molecule has 4 aliphatic carbocycles. The van der Waals surface area contributed by atoms with Gasteiger partial charge in [0.1, 0.15) is 0 Å². The molecule has 0 saturated heterocycles. The van der Waals surface area contributed by atoms with Crippen LogP contribution in [0.3, 0.4) is 0 Å². The fourth-order valence-corrected chi connectivity index (χ4v) is 6.69. The normalized spacial score (nSPS) is 43.9. The average molecular weight is 308 g/mol. The first-order chi connectivity index (χ1) is 9.69. The van der Waals surface area contributed by atoms with Gasteiger partial charge in [0.25, 0.3) is 0 Å². The van der Waals surface area contributed by atoms with E-state index >= 15 is 0 Å². The lowest BCUT2D eigenvalue weighted by Crippen LogP contribution is -2.60. The number of hydrogen-bond donors (Lipinski definition) is 1. The van der Waals surface area contributed by atoms with Crippen molar-refractivity contribution in [3.8, 4) is 0 Å². The minimum atomic E-state index is -0.135. The molecular weight excluding hydrogens is 280 g/mol. The van der Waals surface area contributed by atoms with Gasteiger partial charge in [-0.3, -0.25) is 4.79 Å². The third kappa shape index (κ3) is 2.49. The largest absolute Gasteiger partial charge is 0.392 e. The van der Waals surface area contributed by atoms with Crippen LogP contribution in [0, 0.1) is 22.2 Å². The Morgan fingerprint density at radius 3 is 2.19 bits per heavy atom. The predicted molar refractivity (Wildman–Crippen MR) is 88.9 cm³/mol. The van der Waals surface area contributed by atoms with Crippen molar-refractivity contribution in [3.63, 3.8) is 0 Å². The van der Waals surface area contributed by atoms with Crippen molar-refractivity contribution in [3.05, 3.63) is 0 Å². The molecule has 0 aromatic carbocycles. The number of carbonyl (C=O) groups excluding carboxylic acids is 1. The van der Waals surface area contributed by atoms with Crippen molar-refractivity contribution < 1.29 is 4.79 Å². The summed E-state index contributed by atoms with van der Waals surface area (Å²) in [5.74, 6) is 1.06. The Labute approximate surface area is 133 Å². The van der Waals surface area contributed by atoms with E-state index in [1.54, 1.807) is 0 Å². The zero-order valence-electron chi connectivity index (χ0n) is 13.6. The summed E-state index contributed by atoms with van der Waals surface area (Å²) in [5, 5.41) is 0. The lowest BCUT2D eigenvalue weighted by molar-refractivity contribution is -0.178. The Morgan fingerprint density at radius 2 is 1.76 bits per heavy atom. The van der Waals surface area contributed by atoms with Crippen molar-refractivity contribution in [2.45, 2.75) is 59.3 Å². The Kier molecular flexibility index (Phi) is 3.40. The highest BCUT2D eigenvalue weighted by atomic mass is 32.1. The van der Waals surface area contributed by atoms with Crippen LogP contribution in [0.2, 0.25) is 0 Å². The number of amides is 1. The van der Waals surface area contributed by atoms with Gasteiger partial charge in [-0.1, -0.05) is 26.1 Å². The van der Waals surface area contributed by atoms with E-state index < -0.39 is 0 Å². The molecule has 0 heterocycles. The Balaban J connectivity index is 1.90. The molecule has 2 unspecified atom stereocenters. The molecule has 4 aliphatic rings. The number of thiocarbonyl (C=S) groups is 1. The SMILES string of the molecule is CCN(CC(N)=S)C(=O)C12CC3CC(C)(CC(C)(C3)C1)C2. The maximum absolute atomic E-state index is 13.3. The van der Waals surface area contributed by atoms with Gasteiger partial charge in [0.15, 0.2) is 0 Å². The van der Waals surface area contributed by atoms with E-state index in [0.29, 0.717) is 34.8 Å². The van der Waals surface area contributed by atoms with Crippen molar-refractivity contribution in [2.75, 3.05) is 13.1 Å². The zero-order valence-corrected chi connectivity index (χ0v) is 14.4. The van der Waals surface area contributed by atoms with Gasteiger partial charge in [0.05, 0.1) is 16.9 Å². The molecule has 0 aromatic rings. The fraction of sp³-hybridized carbons (Fsp3) is 0.882. The van der Waals surface area contributed by atoms with E-state index in [1.807, 2.05) is 11.8 Å². The Hall–Kier alpha value is -0.640. The highest BCUT2D eigenvalue weighted by Crippen LogP contribution is 2.69. The van der Waals surface area contributed by atoms with Gasteiger partial charge in [-0.15, -0.1) is 0 Å². The van der Waals surface area contributed by atoms with Crippen LogP contribution in [0.5, 0.6) is 0 Å². The number of rotatable bonds is 4. The molecule has 118 valence electrons. The van der Waals surface area contributed by atoms with Crippen molar-refractivity contribution in [2.24, 2.45) is 27.9 Å². The van der Waals surface area contributed by atoms with E-state index in [0.717, 1.165) is 25.2 Å². The molecule has 4 heteroatoms. The zero-order chi connectivity index (χ0) is 15.5. The van der Waals surface area contributed by atoms with E-state index in [4.69, 9.17) is 18.0 Å². The summed E-state index contributed by atoms with van der Waals surface area (Å²) >= 11 is 5.03. The van der Waals surface area contributed by atoms with E-state index in [1.165, 1.54) is 19.3 Å². The number of nitrogens with two attached hydrogens (primary N) is 1. The van der Waals surface area contributed by atoms with Gasteiger partial charge in [-0.2, -0.15) is 0 Å². The molecule has 4 saturated carbocycles. The number of nitrogens with zero attached hydrogens (tertiary/aromatic N) is 1. The number of carbonyl (C=O) groups is 1. The molecule has 0 aliphatic heterocycles. The maximum atomic E-state index is 13.3. The summed E-state index contributed by atoms with van der Waals surface area (Å²) in [5.41, 5.74) is 6.29. The molecule has 4 bridgehead atoms. The van der Waals surface area contributed by atoms with Crippen LogP contribution in [-0.4, -0.2) is 28.9 Å². The molecular formula is C17H28N2OS. The van der Waals surface area contributed by atoms with Gasteiger partial charge in [0, 0.05) is 6.54 Å². The molecule has 3 nitrogen and oxygen atoms in total. The summed E-state index contributed by atoms with van der Waals surface area (Å²) in [7, 11) is 0. The quantitative estimate of drug-likeness (QED) is 0.812. The van der Waals surface area contributed by atoms with Crippen molar-refractivity contribution in [1.82, 2.24) is 4.90 Å². The summed E-state index contributed by atoms with van der Waals surface area (Å²) in [6.45, 7) is 7.98. The van der Waals surface area contributed by atoms with Crippen LogP contribution in [0.25, 0.3) is 0 Å². The van der Waals surface area contributed by atoms with Gasteiger partial charge in [-0.25, -0.2) is 0 Å². The molecule has 0 spiro atoms. The molecule has 0 radical (unpaired) electrons. The van der Waals surface area contributed by atoms with Gasteiger partial charge in [0.2, 0.25) is 5.91 Å². The molecule has 21 heavy (non-hydrogen) atoms. The third-order valence-electron chi connectivity index (χ3n) is 6.10. The van der Waals surface area contributed by atoms with E-state index in [9.17, 15) is 4.79 Å². The Morgan fingerprint density at radius 1 is 1.19 bits per heavy atom. The van der Waals surface area contributed by atoms with Crippen LogP contribution >= 0.6 is 12.2 Å². The molecule has 1 amide bonds. The fourth-order valence-electron chi connectivity index (χ4n) is 6.54. The van der Waals surface area contributed by atoms with Crippen molar-refractivity contribution >= 4 is 23.1 Å². The second-order valence-corrected chi connectivity index (χ2v) is 9.22. The highest BCUT2D eigenvalue weighted by molar-refractivity contribution is 7.80. The number of likely N-dealkylation sites (N-methyl/N-ethyl adjacent to an activating group) is 1. The van der Waals surface area contributed by atoms with Crippen LogP contribution in [-0.2, 0) is 4.79 Å². The molecule has 2 N–H and O–H groups in total. The summed E-state index contributed by atoms with van der Waals surface area (Å²) in [6, 6.07) is 0. The summed E-state index contributed by atoms with van der Waals surface area (Å²) in [4.78, 5) is 15.6. The second kappa shape index (κ2) is 4.68. The Bertz CT molecular complexity index is 471. The van der Waals surface area contributed by atoms with E-state index in [2.05, 4.69) is 13.8 Å². The summed E-state index contributed by atoms with van der Waals surface area (Å²) in [6.07, 6.45) is 7.16. The number of hydrogen-bond acceptors (Lipinski definition) is 2. The van der Waals surface area contributed by atoms with Crippen LogP contribution < -0.4 is 5.73 Å². The van der Waals surface area contributed by atoms with Crippen LogP contribution in [0.15, 0.2) is 0 Å². The molecule has 2 atom stereocenters. The minimum absolute atomic E-state index is 0.135. The van der Waals surface area contributed by atoms with E-state index in [-0.39, 0.29) is 5.41 Å². The maximum Gasteiger partial charge on any atom is 0.229 e. The van der Waals surface area contributed by atoms with Crippen LogP contribution in [0.1, 0.15) is 59.3 Å². The molecule has 4 fully saturated rings. The smallest absolute Gasteiger partial charge is 0.229 e.